The molecule has 3 aromatic heterocycles. The van der Waals surface area contributed by atoms with Crippen LogP contribution in [-0.2, 0) is 12.8 Å². The van der Waals surface area contributed by atoms with E-state index in [0.717, 1.165) is 22.5 Å². The van der Waals surface area contributed by atoms with Gasteiger partial charge in [-0.05, 0) is 24.1 Å². The predicted octanol–water partition coefficient (Wildman–Crippen LogP) is 2.94. The number of halogens is 1. The van der Waals surface area contributed by atoms with Gasteiger partial charge in [-0.25, -0.2) is 9.97 Å². The molecule has 0 aromatic carbocycles. The molecule has 8 heteroatoms. The van der Waals surface area contributed by atoms with E-state index in [-0.39, 0.29) is 5.28 Å². The number of nitrogens with one attached hydrogen (secondary N) is 1. The van der Waals surface area contributed by atoms with Crippen LogP contribution in [0, 0.1) is 0 Å². The van der Waals surface area contributed by atoms with Crippen molar-refractivity contribution < 1.29 is 4.52 Å². The summed E-state index contributed by atoms with van der Waals surface area (Å²) < 4.78 is 4.95. The maximum atomic E-state index is 5.96. The number of nitrogens with zero attached hydrogens (tertiary/aromatic N) is 4. The molecule has 0 bridgehead atoms. The summed E-state index contributed by atoms with van der Waals surface area (Å²) in [4.78, 5) is 14.6. The van der Waals surface area contributed by atoms with Gasteiger partial charge in [0.05, 0.1) is 5.39 Å². The predicted molar refractivity (Wildman–Crippen MR) is 78.3 cm³/mol. The standard InChI is InChI=1S/C12H12ClN5OS/c1-2-7-5-8-10(17-12(13)18-11(8)20-7)14-4-3-9-15-6-16-19-9/h5-6H,2-4H2,1H3,(H,14,17,18). The first-order valence-corrected chi connectivity index (χ1v) is 7.41. The van der Waals surface area contributed by atoms with E-state index in [1.165, 1.54) is 11.2 Å². The average Bonchev–Trinajstić information content (AvgIpc) is 3.06. The lowest BCUT2D eigenvalue weighted by Gasteiger charge is -2.05. The number of fused-ring (bicyclic) bond motifs is 1. The Kier molecular flexibility index (Phi) is 3.79. The summed E-state index contributed by atoms with van der Waals surface area (Å²) in [5.74, 6) is 1.34. The van der Waals surface area contributed by atoms with E-state index < -0.39 is 0 Å². The molecule has 20 heavy (non-hydrogen) atoms. The number of thiophene rings is 1. The number of hydrogen-bond acceptors (Lipinski definition) is 7. The highest BCUT2D eigenvalue weighted by molar-refractivity contribution is 7.18. The van der Waals surface area contributed by atoms with E-state index in [2.05, 4.69) is 38.4 Å². The molecule has 0 amide bonds. The lowest BCUT2D eigenvalue weighted by molar-refractivity contribution is 0.380. The van der Waals surface area contributed by atoms with E-state index in [0.29, 0.717) is 18.9 Å². The van der Waals surface area contributed by atoms with E-state index in [4.69, 9.17) is 16.1 Å². The molecular formula is C12H12ClN5OS. The molecule has 0 atom stereocenters. The summed E-state index contributed by atoms with van der Waals surface area (Å²) in [7, 11) is 0. The summed E-state index contributed by atoms with van der Waals surface area (Å²) in [6.45, 7) is 2.75. The third kappa shape index (κ3) is 2.73. The van der Waals surface area contributed by atoms with Gasteiger partial charge in [0.1, 0.15) is 10.6 Å². The van der Waals surface area contributed by atoms with E-state index in [1.54, 1.807) is 11.3 Å². The molecule has 3 aromatic rings. The summed E-state index contributed by atoms with van der Waals surface area (Å²) in [6.07, 6.45) is 3.00. The number of hydrogen-bond donors (Lipinski definition) is 1. The fourth-order valence-corrected chi connectivity index (χ4v) is 3.03. The van der Waals surface area contributed by atoms with Crippen LogP contribution in [0.3, 0.4) is 0 Å². The number of aromatic nitrogens is 4. The lowest BCUT2D eigenvalue weighted by atomic mass is 10.3. The molecule has 104 valence electrons. The first-order chi connectivity index (χ1) is 9.76. The molecule has 3 rings (SSSR count). The van der Waals surface area contributed by atoms with Crippen molar-refractivity contribution in [3.8, 4) is 0 Å². The zero-order valence-corrected chi connectivity index (χ0v) is 12.3. The minimum atomic E-state index is 0.252. The molecule has 0 spiro atoms. The molecule has 3 heterocycles. The van der Waals surface area contributed by atoms with Gasteiger partial charge >= 0.3 is 0 Å². The van der Waals surface area contributed by atoms with Crippen LogP contribution in [0.5, 0.6) is 0 Å². The number of aryl methyl sites for hydroxylation is 1. The quantitative estimate of drug-likeness (QED) is 0.730. The SMILES string of the molecule is CCc1cc2c(NCCc3ncno3)nc(Cl)nc2s1. The molecule has 0 saturated heterocycles. The van der Waals surface area contributed by atoms with E-state index >= 15 is 0 Å². The molecule has 6 nitrogen and oxygen atoms in total. The summed E-state index contributed by atoms with van der Waals surface area (Å²) >= 11 is 7.60. The summed E-state index contributed by atoms with van der Waals surface area (Å²) in [6, 6.07) is 2.10. The maximum Gasteiger partial charge on any atom is 0.228 e. The molecule has 1 N–H and O–H groups in total. The van der Waals surface area contributed by atoms with Gasteiger partial charge in [0.25, 0.3) is 0 Å². The molecular weight excluding hydrogens is 298 g/mol. The molecule has 0 aliphatic carbocycles. The highest BCUT2D eigenvalue weighted by atomic mass is 35.5. The fourth-order valence-electron chi connectivity index (χ4n) is 1.85. The highest BCUT2D eigenvalue weighted by Gasteiger charge is 2.10. The molecule has 0 aliphatic rings. The molecule has 0 aliphatic heterocycles. The smallest absolute Gasteiger partial charge is 0.228 e. The maximum absolute atomic E-state index is 5.96. The normalized spacial score (nSPS) is 11.1. The summed E-state index contributed by atoms with van der Waals surface area (Å²) in [5.41, 5.74) is 0. The van der Waals surface area contributed by atoms with Crippen LogP contribution in [0.4, 0.5) is 5.82 Å². The highest BCUT2D eigenvalue weighted by Crippen LogP contribution is 2.30. The zero-order valence-electron chi connectivity index (χ0n) is 10.8. The Labute approximate surface area is 124 Å². The second-order valence-electron chi connectivity index (χ2n) is 4.14. The topological polar surface area (TPSA) is 76.7 Å². The van der Waals surface area contributed by atoms with E-state index in [1.807, 2.05) is 0 Å². The Balaban J connectivity index is 1.80. The second-order valence-corrected chi connectivity index (χ2v) is 5.59. The molecule has 0 unspecified atom stereocenters. The van der Waals surface area contributed by atoms with Gasteiger partial charge in [0.2, 0.25) is 11.2 Å². The molecule has 0 radical (unpaired) electrons. The van der Waals surface area contributed by atoms with Crippen LogP contribution < -0.4 is 5.32 Å². The van der Waals surface area contributed by atoms with Gasteiger partial charge in [0.15, 0.2) is 6.33 Å². The Bertz CT molecular complexity index is 712. The van der Waals surface area contributed by atoms with Crippen LogP contribution in [0.15, 0.2) is 16.9 Å². The van der Waals surface area contributed by atoms with Crippen molar-refractivity contribution in [3.05, 3.63) is 28.4 Å². The average molecular weight is 310 g/mol. The van der Waals surface area contributed by atoms with Crippen LogP contribution in [0.1, 0.15) is 17.7 Å². The molecule has 0 saturated carbocycles. The minimum absolute atomic E-state index is 0.252. The van der Waals surface area contributed by atoms with E-state index in [9.17, 15) is 0 Å². The Morgan fingerprint density at radius 3 is 3.05 bits per heavy atom. The van der Waals surface area contributed by atoms with Crippen molar-refractivity contribution in [2.75, 3.05) is 11.9 Å². The van der Waals surface area contributed by atoms with Crippen LogP contribution in [0.25, 0.3) is 10.2 Å². The van der Waals surface area contributed by atoms with Gasteiger partial charge in [-0.1, -0.05) is 12.1 Å². The first-order valence-electron chi connectivity index (χ1n) is 6.21. The van der Waals surface area contributed by atoms with Gasteiger partial charge in [-0.15, -0.1) is 11.3 Å². The van der Waals surface area contributed by atoms with Gasteiger partial charge in [-0.2, -0.15) is 4.98 Å². The van der Waals surface area contributed by atoms with Crippen molar-refractivity contribution in [3.63, 3.8) is 0 Å². The Hall–Kier alpha value is -1.73. The first kappa shape index (κ1) is 13.3. The van der Waals surface area contributed by atoms with Crippen molar-refractivity contribution in [2.24, 2.45) is 0 Å². The fraction of sp³-hybridized carbons (Fsp3) is 0.333. The van der Waals surface area contributed by atoms with Crippen LogP contribution in [0.2, 0.25) is 5.28 Å². The monoisotopic (exact) mass is 309 g/mol. The minimum Gasteiger partial charge on any atom is -0.369 e. The van der Waals surface area contributed by atoms with Gasteiger partial charge < -0.3 is 9.84 Å². The van der Waals surface area contributed by atoms with Gasteiger partial charge in [-0.3, -0.25) is 0 Å². The third-order valence-electron chi connectivity index (χ3n) is 2.80. The Morgan fingerprint density at radius 2 is 2.30 bits per heavy atom. The van der Waals surface area contributed by atoms with Crippen molar-refractivity contribution >= 4 is 39.0 Å². The van der Waals surface area contributed by atoms with Crippen LogP contribution in [-0.4, -0.2) is 26.7 Å². The zero-order chi connectivity index (χ0) is 13.9. The third-order valence-corrected chi connectivity index (χ3v) is 4.15. The second kappa shape index (κ2) is 5.72. The Morgan fingerprint density at radius 1 is 1.40 bits per heavy atom. The van der Waals surface area contributed by atoms with Gasteiger partial charge in [0, 0.05) is 17.8 Å². The van der Waals surface area contributed by atoms with Crippen molar-refractivity contribution in [2.45, 2.75) is 19.8 Å². The largest absolute Gasteiger partial charge is 0.369 e. The number of anilines is 1. The molecule has 0 fully saturated rings. The van der Waals surface area contributed by atoms with Crippen molar-refractivity contribution in [1.29, 1.82) is 0 Å². The summed E-state index contributed by atoms with van der Waals surface area (Å²) in [5, 5.41) is 8.07. The lowest BCUT2D eigenvalue weighted by Crippen LogP contribution is -2.07. The number of rotatable bonds is 5. The van der Waals surface area contributed by atoms with Crippen molar-refractivity contribution in [1.82, 2.24) is 20.1 Å². The van der Waals surface area contributed by atoms with Crippen LogP contribution >= 0.6 is 22.9 Å².